The van der Waals surface area contributed by atoms with Crippen molar-refractivity contribution in [2.75, 3.05) is 51.0 Å². The van der Waals surface area contributed by atoms with Crippen LogP contribution in [0.5, 0.6) is 11.5 Å². The Morgan fingerprint density at radius 3 is 2.57 bits per heavy atom. The normalized spacial score (nSPS) is 23.6. The Kier molecular flexibility index (Phi) is 5.15. The third-order valence-electron chi connectivity index (χ3n) is 5.43. The second-order valence-electron chi connectivity index (χ2n) is 7.22. The van der Waals surface area contributed by atoms with Crippen molar-refractivity contribution in [1.82, 2.24) is 15.1 Å². The zero-order chi connectivity index (χ0) is 19.7. The van der Waals surface area contributed by atoms with Crippen LogP contribution in [0.15, 0.2) is 18.2 Å². The highest BCUT2D eigenvalue weighted by atomic mass is 32.2. The fourth-order valence-corrected chi connectivity index (χ4v) is 5.57. The van der Waals surface area contributed by atoms with Gasteiger partial charge in [-0.1, -0.05) is 0 Å². The van der Waals surface area contributed by atoms with Crippen LogP contribution in [0.3, 0.4) is 0 Å². The Bertz CT molecular complexity index is 879. The van der Waals surface area contributed by atoms with Crippen molar-refractivity contribution in [3.05, 3.63) is 23.8 Å². The lowest BCUT2D eigenvalue weighted by Crippen LogP contribution is -2.53. The topological polar surface area (TPSA) is 105 Å². The minimum absolute atomic E-state index is 0.0629. The van der Waals surface area contributed by atoms with E-state index in [1.165, 1.54) is 0 Å². The van der Waals surface area contributed by atoms with Gasteiger partial charge in [0.05, 0.1) is 18.1 Å². The molecule has 9 nitrogen and oxygen atoms in total. The summed E-state index contributed by atoms with van der Waals surface area (Å²) in [6.45, 7) is 2.44. The molecule has 0 saturated carbocycles. The first-order chi connectivity index (χ1) is 13.4. The number of benzene rings is 1. The molecule has 3 heterocycles. The van der Waals surface area contributed by atoms with E-state index in [1.54, 1.807) is 23.1 Å². The van der Waals surface area contributed by atoms with Crippen molar-refractivity contribution in [3.8, 4) is 11.5 Å². The fraction of sp³-hybridized carbons (Fsp3) is 0.556. The van der Waals surface area contributed by atoms with Crippen LogP contribution in [-0.2, 0) is 14.6 Å². The number of ether oxygens (including phenoxy) is 2. The molecule has 2 amide bonds. The summed E-state index contributed by atoms with van der Waals surface area (Å²) in [5, 5.41) is 2.64. The average molecular weight is 409 g/mol. The van der Waals surface area contributed by atoms with Crippen LogP contribution in [0.2, 0.25) is 0 Å². The number of carbonyl (C=O) groups is 2. The Morgan fingerprint density at radius 2 is 1.86 bits per heavy atom. The van der Waals surface area contributed by atoms with Crippen LogP contribution in [0.25, 0.3) is 0 Å². The van der Waals surface area contributed by atoms with E-state index in [-0.39, 0.29) is 42.7 Å². The summed E-state index contributed by atoms with van der Waals surface area (Å²) in [5.41, 5.74) is 0.407. The second kappa shape index (κ2) is 7.59. The molecule has 2 saturated heterocycles. The Balaban J connectivity index is 1.24. The van der Waals surface area contributed by atoms with Gasteiger partial charge in [-0.15, -0.1) is 0 Å². The molecular weight excluding hydrogens is 386 g/mol. The third-order valence-corrected chi connectivity index (χ3v) is 7.18. The molecule has 4 rings (SSSR count). The number of amides is 2. The van der Waals surface area contributed by atoms with Crippen molar-refractivity contribution >= 4 is 21.7 Å². The average Bonchev–Trinajstić information content (AvgIpc) is 3.31. The lowest BCUT2D eigenvalue weighted by Gasteiger charge is -2.37. The first-order valence-corrected chi connectivity index (χ1v) is 11.1. The van der Waals surface area contributed by atoms with Crippen molar-refractivity contribution in [3.63, 3.8) is 0 Å². The molecule has 2 fully saturated rings. The lowest BCUT2D eigenvalue weighted by atomic mass is 10.2. The number of piperazine rings is 1. The molecule has 1 aromatic carbocycles. The Labute approximate surface area is 163 Å². The molecule has 0 unspecified atom stereocenters. The number of rotatable bonds is 4. The van der Waals surface area contributed by atoms with E-state index in [0.29, 0.717) is 49.7 Å². The highest BCUT2D eigenvalue weighted by Gasteiger charge is 2.34. The zero-order valence-electron chi connectivity index (χ0n) is 15.4. The van der Waals surface area contributed by atoms with E-state index >= 15 is 0 Å². The van der Waals surface area contributed by atoms with Crippen molar-refractivity contribution in [2.24, 2.45) is 0 Å². The van der Waals surface area contributed by atoms with Gasteiger partial charge in [-0.05, 0) is 24.6 Å². The molecule has 3 aliphatic heterocycles. The Hall–Kier alpha value is -2.33. The van der Waals surface area contributed by atoms with Gasteiger partial charge in [0.15, 0.2) is 21.3 Å². The van der Waals surface area contributed by atoms with E-state index in [1.807, 2.05) is 0 Å². The molecule has 10 heteroatoms. The van der Waals surface area contributed by atoms with E-state index < -0.39 is 9.84 Å². The summed E-state index contributed by atoms with van der Waals surface area (Å²) in [4.78, 5) is 28.5. The maximum absolute atomic E-state index is 12.4. The van der Waals surface area contributed by atoms with Crippen molar-refractivity contribution in [2.45, 2.75) is 12.5 Å². The number of sulfone groups is 1. The van der Waals surface area contributed by atoms with Crippen LogP contribution in [0.4, 0.5) is 0 Å². The van der Waals surface area contributed by atoms with Gasteiger partial charge in [-0.25, -0.2) is 8.42 Å². The van der Waals surface area contributed by atoms with Crippen LogP contribution in [0, 0.1) is 0 Å². The highest BCUT2D eigenvalue weighted by molar-refractivity contribution is 7.91. The summed E-state index contributed by atoms with van der Waals surface area (Å²) in [5.74, 6) is 1.09. The van der Waals surface area contributed by atoms with Gasteiger partial charge >= 0.3 is 0 Å². The van der Waals surface area contributed by atoms with E-state index in [9.17, 15) is 18.0 Å². The summed E-state index contributed by atoms with van der Waals surface area (Å²) in [7, 11) is -2.91. The van der Waals surface area contributed by atoms with E-state index in [0.717, 1.165) is 0 Å². The maximum Gasteiger partial charge on any atom is 0.251 e. The van der Waals surface area contributed by atoms with Crippen LogP contribution in [-0.4, -0.2) is 87.1 Å². The van der Waals surface area contributed by atoms with Crippen LogP contribution in [0.1, 0.15) is 16.8 Å². The molecule has 1 N–H and O–H groups in total. The smallest absolute Gasteiger partial charge is 0.251 e. The molecule has 0 radical (unpaired) electrons. The Morgan fingerprint density at radius 1 is 1.11 bits per heavy atom. The quantitative estimate of drug-likeness (QED) is 0.713. The van der Waals surface area contributed by atoms with Crippen molar-refractivity contribution < 1.29 is 27.5 Å². The van der Waals surface area contributed by atoms with Crippen LogP contribution >= 0.6 is 0 Å². The number of carbonyl (C=O) groups excluding carboxylic acids is 2. The largest absolute Gasteiger partial charge is 0.454 e. The molecule has 3 aliphatic rings. The van der Waals surface area contributed by atoms with E-state index in [4.69, 9.17) is 9.47 Å². The molecule has 0 aliphatic carbocycles. The number of nitrogens with zero attached hydrogens (tertiary/aromatic N) is 2. The molecule has 28 heavy (non-hydrogen) atoms. The minimum atomic E-state index is -2.91. The summed E-state index contributed by atoms with van der Waals surface area (Å²) < 4.78 is 33.7. The summed E-state index contributed by atoms with van der Waals surface area (Å²) >= 11 is 0. The number of fused-ring (bicyclic) bond motifs is 1. The molecule has 0 bridgehead atoms. The number of hydrogen-bond donors (Lipinski definition) is 1. The van der Waals surface area contributed by atoms with Gasteiger partial charge in [0, 0.05) is 37.8 Å². The van der Waals surface area contributed by atoms with Gasteiger partial charge < -0.3 is 19.7 Å². The molecule has 1 atom stereocenters. The van der Waals surface area contributed by atoms with Crippen LogP contribution < -0.4 is 14.8 Å². The molecule has 1 aromatic rings. The molecule has 0 aromatic heterocycles. The number of hydrogen-bond acceptors (Lipinski definition) is 7. The second-order valence-corrected chi connectivity index (χ2v) is 9.45. The van der Waals surface area contributed by atoms with Crippen molar-refractivity contribution in [1.29, 1.82) is 0 Å². The van der Waals surface area contributed by atoms with Gasteiger partial charge in [-0.3, -0.25) is 14.5 Å². The fourth-order valence-electron chi connectivity index (χ4n) is 3.81. The summed E-state index contributed by atoms with van der Waals surface area (Å²) in [6, 6.07) is 4.95. The standard InChI is InChI=1S/C18H23N3O6S/c22-17(10-19-18(23)13-1-2-15-16(9-13)27-12-26-15)21-6-4-20(5-7-21)14-3-8-28(24,25)11-14/h1-2,9,14H,3-8,10-12H2,(H,19,23)/t14-/m0/s1. The zero-order valence-corrected chi connectivity index (χ0v) is 16.2. The van der Waals surface area contributed by atoms with Gasteiger partial charge in [0.1, 0.15) is 0 Å². The predicted molar refractivity (Wildman–Crippen MR) is 100 cm³/mol. The van der Waals surface area contributed by atoms with Gasteiger partial charge in [-0.2, -0.15) is 0 Å². The number of nitrogens with one attached hydrogen (secondary N) is 1. The summed E-state index contributed by atoms with van der Waals surface area (Å²) in [6.07, 6.45) is 0.669. The van der Waals surface area contributed by atoms with Gasteiger partial charge in [0.25, 0.3) is 5.91 Å². The monoisotopic (exact) mass is 409 g/mol. The third kappa shape index (κ3) is 4.07. The minimum Gasteiger partial charge on any atom is -0.454 e. The first kappa shape index (κ1) is 19.0. The van der Waals surface area contributed by atoms with E-state index in [2.05, 4.69) is 10.2 Å². The molecular formula is C18H23N3O6S. The molecule has 0 spiro atoms. The molecule has 152 valence electrons. The predicted octanol–water partition coefficient (Wildman–Crippen LogP) is -0.524. The first-order valence-electron chi connectivity index (χ1n) is 9.31. The highest BCUT2D eigenvalue weighted by Crippen LogP contribution is 2.32. The van der Waals surface area contributed by atoms with Gasteiger partial charge in [0.2, 0.25) is 12.7 Å². The SMILES string of the molecule is O=C(NCC(=O)N1CCN([C@H]2CCS(=O)(=O)C2)CC1)c1ccc2c(c1)OCO2. The maximum atomic E-state index is 12.4. The lowest BCUT2D eigenvalue weighted by molar-refractivity contribution is -0.132.